The Morgan fingerprint density at radius 3 is 2.57 bits per heavy atom. The molecule has 0 aliphatic heterocycles. The second-order valence-corrected chi connectivity index (χ2v) is 7.28. The summed E-state index contributed by atoms with van der Waals surface area (Å²) in [6, 6.07) is 0. The van der Waals surface area contributed by atoms with Crippen LogP contribution < -0.4 is 5.73 Å². The maximum Gasteiger partial charge on any atom is 0.269 e. The maximum atomic E-state index is 6.53. The molecule has 6 heteroatoms. The third kappa shape index (κ3) is 2.74. The molecule has 1 fully saturated rings. The highest BCUT2D eigenvalue weighted by molar-refractivity contribution is 7.15. The van der Waals surface area contributed by atoms with Gasteiger partial charge in [0.25, 0.3) is 5.89 Å². The van der Waals surface area contributed by atoms with E-state index in [-0.39, 0.29) is 0 Å². The largest absolute Gasteiger partial charge is 0.333 e. The summed E-state index contributed by atoms with van der Waals surface area (Å²) in [5, 5.41) is 5.16. The molecular weight excluding hydrogens is 284 g/mol. The average Bonchev–Trinajstić information content (AvgIpc) is 3.06. The van der Waals surface area contributed by atoms with Gasteiger partial charge in [-0.2, -0.15) is 4.98 Å². The lowest BCUT2D eigenvalue weighted by Crippen LogP contribution is -2.41. The summed E-state index contributed by atoms with van der Waals surface area (Å²) < 4.78 is 5.45. The summed E-state index contributed by atoms with van der Waals surface area (Å²) in [4.78, 5) is 9.93. The summed E-state index contributed by atoms with van der Waals surface area (Å²) in [7, 11) is 0. The van der Waals surface area contributed by atoms with E-state index in [1.54, 1.807) is 11.3 Å². The molecule has 0 aromatic carbocycles. The Kier molecular flexibility index (Phi) is 3.84. The molecule has 0 radical (unpaired) electrons. The van der Waals surface area contributed by atoms with Crippen molar-refractivity contribution in [2.45, 2.75) is 58.4 Å². The van der Waals surface area contributed by atoms with E-state index in [1.807, 2.05) is 13.8 Å². The number of nitrogens with two attached hydrogens (primary N) is 1. The number of aryl methyl sites for hydroxylation is 2. The summed E-state index contributed by atoms with van der Waals surface area (Å²) in [5.74, 6) is 1.99. The van der Waals surface area contributed by atoms with Gasteiger partial charge in [-0.3, -0.25) is 0 Å². The van der Waals surface area contributed by atoms with E-state index in [1.165, 1.54) is 6.42 Å². The van der Waals surface area contributed by atoms with Crippen molar-refractivity contribution in [2.75, 3.05) is 0 Å². The van der Waals surface area contributed by atoms with Crippen LogP contribution in [-0.4, -0.2) is 15.1 Å². The van der Waals surface area contributed by atoms with E-state index in [9.17, 15) is 0 Å². The van der Waals surface area contributed by atoms with Crippen molar-refractivity contribution < 1.29 is 4.52 Å². The monoisotopic (exact) mass is 306 g/mol. The highest BCUT2D eigenvalue weighted by Crippen LogP contribution is 2.38. The fraction of sp³-hybridized carbons (Fsp3) is 0.667. The van der Waals surface area contributed by atoms with Crippen molar-refractivity contribution in [3.05, 3.63) is 16.5 Å². The lowest BCUT2D eigenvalue weighted by molar-refractivity contribution is 0.216. The first kappa shape index (κ1) is 14.7. The van der Waals surface area contributed by atoms with Crippen molar-refractivity contribution in [3.63, 3.8) is 0 Å². The van der Waals surface area contributed by atoms with Crippen molar-refractivity contribution in [3.8, 4) is 10.8 Å². The molecule has 0 amide bonds. The van der Waals surface area contributed by atoms with Crippen LogP contribution in [0.15, 0.2) is 4.52 Å². The summed E-state index contributed by atoms with van der Waals surface area (Å²) in [5.41, 5.74) is 7.04. The minimum Gasteiger partial charge on any atom is -0.333 e. The lowest BCUT2D eigenvalue weighted by atomic mass is 9.76. The Labute approximate surface area is 129 Å². The minimum absolute atomic E-state index is 0.430. The molecular formula is C15H22N4OS. The topological polar surface area (TPSA) is 77.8 Å². The molecule has 2 aromatic rings. The zero-order valence-electron chi connectivity index (χ0n) is 12.8. The van der Waals surface area contributed by atoms with Crippen LogP contribution in [0.4, 0.5) is 0 Å². The van der Waals surface area contributed by atoms with Gasteiger partial charge in [0.05, 0.1) is 16.2 Å². The Balaban J connectivity index is 1.83. The van der Waals surface area contributed by atoms with Crippen LogP contribution in [0.2, 0.25) is 0 Å². The minimum atomic E-state index is -0.430. The van der Waals surface area contributed by atoms with E-state index < -0.39 is 5.54 Å². The quantitative estimate of drug-likeness (QED) is 0.938. The van der Waals surface area contributed by atoms with Gasteiger partial charge in [0, 0.05) is 0 Å². The molecule has 2 aromatic heterocycles. The fourth-order valence-corrected chi connectivity index (χ4v) is 3.91. The number of hydrogen-bond acceptors (Lipinski definition) is 6. The van der Waals surface area contributed by atoms with E-state index >= 15 is 0 Å². The second kappa shape index (κ2) is 5.50. The molecule has 21 heavy (non-hydrogen) atoms. The summed E-state index contributed by atoms with van der Waals surface area (Å²) >= 11 is 1.58. The van der Waals surface area contributed by atoms with E-state index in [0.717, 1.165) is 47.2 Å². The van der Waals surface area contributed by atoms with Crippen LogP contribution in [0.1, 0.15) is 55.6 Å². The van der Waals surface area contributed by atoms with Gasteiger partial charge in [-0.25, -0.2) is 4.98 Å². The van der Waals surface area contributed by atoms with Crippen LogP contribution in [0.5, 0.6) is 0 Å². The third-order valence-electron chi connectivity index (χ3n) is 4.54. The maximum absolute atomic E-state index is 6.53. The number of aromatic nitrogens is 3. The highest BCUT2D eigenvalue weighted by Gasteiger charge is 2.37. The molecule has 1 saturated carbocycles. The first-order valence-electron chi connectivity index (χ1n) is 7.59. The van der Waals surface area contributed by atoms with E-state index in [4.69, 9.17) is 10.3 Å². The molecule has 2 heterocycles. The van der Waals surface area contributed by atoms with Crippen LogP contribution in [0.3, 0.4) is 0 Å². The standard InChI is InChI=1S/C15H22N4OS/c1-4-11-5-7-15(16,8-6-11)14-18-13(20-19-14)12-9(2)17-10(3)21-12/h11H,4-8,16H2,1-3H3. The lowest BCUT2D eigenvalue weighted by Gasteiger charge is -2.34. The molecule has 1 aliphatic rings. The van der Waals surface area contributed by atoms with Crippen molar-refractivity contribution in [2.24, 2.45) is 11.7 Å². The van der Waals surface area contributed by atoms with Gasteiger partial charge in [-0.05, 0) is 45.4 Å². The zero-order chi connectivity index (χ0) is 15.0. The third-order valence-corrected chi connectivity index (χ3v) is 5.60. The smallest absolute Gasteiger partial charge is 0.269 e. The molecule has 3 rings (SSSR count). The normalized spacial score (nSPS) is 26.2. The van der Waals surface area contributed by atoms with Crippen LogP contribution >= 0.6 is 11.3 Å². The molecule has 1 aliphatic carbocycles. The van der Waals surface area contributed by atoms with E-state index in [2.05, 4.69) is 22.0 Å². The highest BCUT2D eigenvalue weighted by atomic mass is 32.1. The zero-order valence-corrected chi connectivity index (χ0v) is 13.7. The van der Waals surface area contributed by atoms with Gasteiger partial charge in [0.15, 0.2) is 5.82 Å². The predicted octanol–water partition coefficient (Wildman–Crippen LogP) is 3.56. The SMILES string of the molecule is CCC1CCC(N)(c2noc(-c3sc(C)nc3C)n2)CC1. The Morgan fingerprint density at radius 1 is 1.29 bits per heavy atom. The van der Waals surface area contributed by atoms with Gasteiger partial charge in [-0.15, -0.1) is 11.3 Å². The molecule has 0 atom stereocenters. The van der Waals surface area contributed by atoms with Crippen LogP contribution in [0.25, 0.3) is 10.8 Å². The second-order valence-electron chi connectivity index (χ2n) is 6.08. The first-order valence-corrected chi connectivity index (χ1v) is 8.41. The number of nitrogens with zero attached hydrogens (tertiary/aromatic N) is 3. The van der Waals surface area contributed by atoms with Gasteiger partial charge < -0.3 is 10.3 Å². The van der Waals surface area contributed by atoms with Gasteiger partial charge in [0.2, 0.25) is 0 Å². The van der Waals surface area contributed by atoms with E-state index in [0.29, 0.717) is 11.7 Å². The summed E-state index contributed by atoms with van der Waals surface area (Å²) in [6.07, 6.45) is 5.40. The van der Waals surface area contributed by atoms with Crippen molar-refractivity contribution in [1.29, 1.82) is 0 Å². The van der Waals surface area contributed by atoms with Crippen molar-refractivity contribution in [1.82, 2.24) is 15.1 Å². The molecule has 0 bridgehead atoms. The number of rotatable bonds is 3. The Morgan fingerprint density at radius 2 is 2.00 bits per heavy atom. The van der Waals surface area contributed by atoms with Gasteiger partial charge in [0.1, 0.15) is 4.88 Å². The van der Waals surface area contributed by atoms with Crippen LogP contribution in [-0.2, 0) is 5.54 Å². The molecule has 0 saturated heterocycles. The first-order chi connectivity index (χ1) is 10.0. The molecule has 0 spiro atoms. The number of thiazole rings is 1. The van der Waals surface area contributed by atoms with Gasteiger partial charge in [-0.1, -0.05) is 18.5 Å². The Hall–Kier alpha value is -1.27. The predicted molar refractivity (Wildman–Crippen MR) is 83.0 cm³/mol. The Bertz CT molecular complexity index is 625. The molecule has 5 nitrogen and oxygen atoms in total. The average molecular weight is 306 g/mol. The molecule has 114 valence electrons. The fourth-order valence-electron chi connectivity index (χ4n) is 3.07. The molecule has 2 N–H and O–H groups in total. The van der Waals surface area contributed by atoms with Gasteiger partial charge >= 0.3 is 0 Å². The molecule has 0 unspecified atom stereocenters. The number of hydrogen-bond donors (Lipinski definition) is 1. The summed E-state index contributed by atoms with van der Waals surface area (Å²) in [6.45, 7) is 6.19. The van der Waals surface area contributed by atoms with Crippen LogP contribution in [0, 0.1) is 19.8 Å². The van der Waals surface area contributed by atoms with Crippen molar-refractivity contribution >= 4 is 11.3 Å².